The summed E-state index contributed by atoms with van der Waals surface area (Å²) in [5.74, 6) is 0. The van der Waals surface area contributed by atoms with Gasteiger partial charge in [0.15, 0.2) is 0 Å². The summed E-state index contributed by atoms with van der Waals surface area (Å²) in [4.78, 5) is 0. The first-order valence-electron chi connectivity index (χ1n) is 2.85. The molecule has 0 aromatic heterocycles. The smallest absolute Gasteiger partial charge is 0.208 e. The van der Waals surface area contributed by atoms with Crippen molar-refractivity contribution in [2.75, 3.05) is 6.61 Å². The van der Waals surface area contributed by atoms with Crippen LogP contribution < -0.4 is 0 Å². The molecule has 7 heavy (non-hydrogen) atoms. The molecule has 1 aliphatic heterocycles. The average Bonchev–Trinajstić information content (AvgIpc) is 1.69. The van der Waals surface area contributed by atoms with E-state index < -0.39 is 0 Å². The van der Waals surface area contributed by atoms with Crippen LogP contribution in [0.4, 0.5) is 0 Å². The molecule has 1 radical (unpaired) electrons. The summed E-state index contributed by atoms with van der Waals surface area (Å²) in [6.07, 6.45) is 2.70. The van der Waals surface area contributed by atoms with Crippen molar-refractivity contribution in [1.82, 2.24) is 0 Å². The van der Waals surface area contributed by atoms with Gasteiger partial charge in [-0.15, -0.1) is 0 Å². The minimum absolute atomic E-state index is 0.293. The summed E-state index contributed by atoms with van der Waals surface area (Å²) in [5.41, 5.74) is 0. The molecule has 0 unspecified atom stereocenters. The Kier molecular flexibility index (Phi) is 1.88. The van der Waals surface area contributed by atoms with Gasteiger partial charge in [0.05, 0.1) is 0 Å². The van der Waals surface area contributed by atoms with Gasteiger partial charge >= 0.3 is 0 Å². The summed E-state index contributed by atoms with van der Waals surface area (Å²) in [7, 11) is -0.293. The largest absolute Gasteiger partial charge is 0.417 e. The molecule has 1 nitrogen and oxygen atoms in total. The maximum absolute atomic E-state index is 5.38. The SMILES string of the molecule is C[Si]1CCCCO1. The van der Waals surface area contributed by atoms with Crippen LogP contribution in [-0.4, -0.2) is 15.6 Å². The molecule has 0 N–H and O–H groups in total. The Balaban J connectivity index is 2.12. The van der Waals surface area contributed by atoms with Crippen LogP contribution in [0.25, 0.3) is 0 Å². The summed E-state index contributed by atoms with van der Waals surface area (Å²) >= 11 is 0. The second-order valence-electron chi connectivity index (χ2n) is 2.01. The molecule has 1 rings (SSSR count). The van der Waals surface area contributed by atoms with Gasteiger partial charge in [0.25, 0.3) is 0 Å². The van der Waals surface area contributed by atoms with Crippen molar-refractivity contribution in [2.45, 2.75) is 25.4 Å². The summed E-state index contributed by atoms with van der Waals surface area (Å²) in [5, 5.41) is 0. The standard InChI is InChI=1S/C5H11OSi/c1-7-5-3-2-4-6-7/h2-5H2,1H3. The lowest BCUT2D eigenvalue weighted by atomic mass is 10.4. The van der Waals surface area contributed by atoms with Crippen LogP contribution in [0, 0.1) is 0 Å². The Morgan fingerprint density at radius 1 is 1.43 bits per heavy atom. The second kappa shape index (κ2) is 2.48. The molecule has 0 atom stereocenters. The van der Waals surface area contributed by atoms with E-state index in [4.69, 9.17) is 4.43 Å². The highest BCUT2D eigenvalue weighted by Crippen LogP contribution is 2.09. The molecular formula is C5H11OSi. The zero-order valence-corrected chi connectivity index (χ0v) is 5.74. The minimum atomic E-state index is -0.293. The Hall–Kier alpha value is 0.177. The van der Waals surface area contributed by atoms with Gasteiger partial charge < -0.3 is 4.43 Å². The van der Waals surface area contributed by atoms with E-state index in [2.05, 4.69) is 6.55 Å². The van der Waals surface area contributed by atoms with Gasteiger partial charge in [-0.05, 0) is 19.0 Å². The quantitative estimate of drug-likeness (QED) is 0.434. The zero-order valence-electron chi connectivity index (χ0n) is 4.74. The molecular weight excluding hydrogens is 104 g/mol. The van der Waals surface area contributed by atoms with Crippen LogP contribution >= 0.6 is 0 Å². The molecule has 1 aliphatic rings. The van der Waals surface area contributed by atoms with Crippen molar-refractivity contribution in [3.8, 4) is 0 Å². The normalized spacial score (nSPS) is 25.3. The van der Waals surface area contributed by atoms with Gasteiger partial charge in [-0.3, -0.25) is 0 Å². The van der Waals surface area contributed by atoms with Crippen molar-refractivity contribution in [1.29, 1.82) is 0 Å². The van der Waals surface area contributed by atoms with E-state index in [0.717, 1.165) is 6.61 Å². The molecule has 1 heterocycles. The van der Waals surface area contributed by atoms with E-state index in [1.807, 2.05) is 0 Å². The Morgan fingerprint density at radius 2 is 2.29 bits per heavy atom. The van der Waals surface area contributed by atoms with Crippen LogP contribution in [0.3, 0.4) is 0 Å². The highest BCUT2D eigenvalue weighted by atomic mass is 28.3. The molecule has 2 heteroatoms. The molecule has 41 valence electrons. The van der Waals surface area contributed by atoms with E-state index in [1.54, 1.807) is 0 Å². The monoisotopic (exact) mass is 115 g/mol. The molecule has 0 aromatic carbocycles. The zero-order chi connectivity index (χ0) is 5.11. The lowest BCUT2D eigenvalue weighted by Gasteiger charge is -2.15. The minimum Gasteiger partial charge on any atom is -0.417 e. The fraction of sp³-hybridized carbons (Fsp3) is 1.00. The van der Waals surface area contributed by atoms with E-state index >= 15 is 0 Å². The second-order valence-corrected chi connectivity index (χ2v) is 4.20. The van der Waals surface area contributed by atoms with E-state index in [9.17, 15) is 0 Å². The molecule has 0 bridgehead atoms. The first-order valence-corrected chi connectivity index (χ1v) is 4.96. The number of rotatable bonds is 0. The third-order valence-electron chi connectivity index (χ3n) is 1.27. The molecule has 0 spiro atoms. The van der Waals surface area contributed by atoms with Crippen LogP contribution in [0.2, 0.25) is 12.6 Å². The fourth-order valence-electron chi connectivity index (χ4n) is 0.795. The number of hydrogen-bond acceptors (Lipinski definition) is 1. The van der Waals surface area contributed by atoms with Crippen LogP contribution in [0.1, 0.15) is 12.8 Å². The molecule has 1 saturated heterocycles. The van der Waals surface area contributed by atoms with Crippen LogP contribution in [0.5, 0.6) is 0 Å². The van der Waals surface area contributed by atoms with E-state index in [-0.39, 0.29) is 9.04 Å². The van der Waals surface area contributed by atoms with Gasteiger partial charge in [-0.2, -0.15) is 0 Å². The Morgan fingerprint density at radius 3 is 2.57 bits per heavy atom. The van der Waals surface area contributed by atoms with E-state index in [0.29, 0.717) is 0 Å². The topological polar surface area (TPSA) is 9.23 Å². The summed E-state index contributed by atoms with van der Waals surface area (Å²) in [6, 6.07) is 1.37. The van der Waals surface area contributed by atoms with Crippen molar-refractivity contribution in [2.24, 2.45) is 0 Å². The Bertz CT molecular complexity index is 50.0. The van der Waals surface area contributed by atoms with Crippen LogP contribution in [-0.2, 0) is 4.43 Å². The molecule has 0 saturated carbocycles. The van der Waals surface area contributed by atoms with Crippen molar-refractivity contribution >= 4 is 9.04 Å². The maximum atomic E-state index is 5.38. The fourth-order valence-corrected chi connectivity index (χ4v) is 2.18. The average molecular weight is 115 g/mol. The first-order chi connectivity index (χ1) is 3.39. The Labute approximate surface area is 46.4 Å². The predicted molar refractivity (Wildman–Crippen MR) is 31.6 cm³/mol. The third kappa shape index (κ3) is 1.61. The molecule has 0 amide bonds. The molecule has 1 fully saturated rings. The molecule has 0 aromatic rings. The lowest BCUT2D eigenvalue weighted by molar-refractivity contribution is 0.291. The van der Waals surface area contributed by atoms with Gasteiger partial charge in [0, 0.05) is 6.61 Å². The van der Waals surface area contributed by atoms with Crippen molar-refractivity contribution < 1.29 is 4.43 Å². The van der Waals surface area contributed by atoms with Gasteiger partial charge in [0.1, 0.15) is 0 Å². The highest BCUT2D eigenvalue weighted by Gasteiger charge is 2.09. The maximum Gasteiger partial charge on any atom is 0.208 e. The lowest BCUT2D eigenvalue weighted by Crippen LogP contribution is -2.18. The summed E-state index contributed by atoms with van der Waals surface area (Å²) < 4.78 is 5.38. The molecule has 0 aliphatic carbocycles. The first kappa shape index (κ1) is 5.32. The van der Waals surface area contributed by atoms with Crippen molar-refractivity contribution in [3.63, 3.8) is 0 Å². The third-order valence-corrected chi connectivity index (χ3v) is 3.03. The highest BCUT2D eigenvalue weighted by molar-refractivity contribution is 6.50. The van der Waals surface area contributed by atoms with Crippen molar-refractivity contribution in [3.05, 3.63) is 0 Å². The van der Waals surface area contributed by atoms with E-state index in [1.165, 1.54) is 18.9 Å². The predicted octanol–water partition coefficient (Wildman–Crippen LogP) is 1.42. The number of hydrogen-bond donors (Lipinski definition) is 0. The van der Waals surface area contributed by atoms with Crippen LogP contribution in [0.15, 0.2) is 0 Å². The summed E-state index contributed by atoms with van der Waals surface area (Å²) in [6.45, 7) is 3.27. The van der Waals surface area contributed by atoms with Gasteiger partial charge in [-0.25, -0.2) is 0 Å². The van der Waals surface area contributed by atoms with Gasteiger partial charge in [-0.1, -0.05) is 6.42 Å². The van der Waals surface area contributed by atoms with Gasteiger partial charge in [0.2, 0.25) is 9.04 Å².